The highest BCUT2D eigenvalue weighted by atomic mass is 16.4. The van der Waals surface area contributed by atoms with E-state index in [1.54, 1.807) is 0 Å². The minimum Gasteiger partial charge on any atom is -0.481 e. The summed E-state index contributed by atoms with van der Waals surface area (Å²) in [5.74, 6) is -8.16. The van der Waals surface area contributed by atoms with Gasteiger partial charge in [0.1, 0.15) is 0 Å². The van der Waals surface area contributed by atoms with Crippen LogP contribution in [0.3, 0.4) is 0 Å². The third-order valence-corrected chi connectivity index (χ3v) is 3.05. The standard InChI is InChI=1S/C18H16N6O10/c25-11(26)1-6-19-16-20-17(23(7-2-12(27)28)8-3-13(29)30)22-18(21-16)24(9-4-14(31)32)10-5-15(33)34/h2-10H,1H2,(H,25,26)(H,27,28)(H,29,30)(H,31,32)(H,33,34). The summed E-state index contributed by atoms with van der Waals surface area (Å²) < 4.78 is 0. The first-order valence-electron chi connectivity index (χ1n) is 8.69. The van der Waals surface area contributed by atoms with E-state index < -0.39 is 54.1 Å². The Bertz CT molecular complexity index is 990. The third kappa shape index (κ3) is 10.6. The molecule has 0 unspecified atom stereocenters. The summed E-state index contributed by atoms with van der Waals surface area (Å²) in [6, 6.07) is 0. The van der Waals surface area contributed by atoms with Gasteiger partial charge in [-0.05, 0) is 0 Å². The van der Waals surface area contributed by atoms with Crippen molar-refractivity contribution < 1.29 is 49.5 Å². The zero-order valence-electron chi connectivity index (χ0n) is 16.9. The number of aliphatic imine (C=N–C) groups is 1. The number of anilines is 2. The van der Waals surface area contributed by atoms with Crippen LogP contribution in [0.1, 0.15) is 6.42 Å². The van der Waals surface area contributed by atoms with Gasteiger partial charge in [0.25, 0.3) is 5.95 Å². The van der Waals surface area contributed by atoms with Crippen molar-refractivity contribution in [2.24, 2.45) is 4.99 Å². The quantitative estimate of drug-likeness (QED) is 0.186. The molecule has 0 aromatic carbocycles. The van der Waals surface area contributed by atoms with Crippen LogP contribution in [0, 0.1) is 0 Å². The van der Waals surface area contributed by atoms with Crippen LogP contribution in [0.15, 0.2) is 54.1 Å². The summed E-state index contributed by atoms with van der Waals surface area (Å²) in [6.07, 6.45) is 6.36. The van der Waals surface area contributed by atoms with Gasteiger partial charge in [-0.25, -0.2) is 24.2 Å². The molecule has 16 nitrogen and oxygen atoms in total. The van der Waals surface area contributed by atoms with Gasteiger partial charge in [0, 0.05) is 55.3 Å². The highest BCUT2D eigenvalue weighted by molar-refractivity contribution is 5.85. The van der Waals surface area contributed by atoms with Crippen LogP contribution in [0.25, 0.3) is 0 Å². The molecule has 0 atom stereocenters. The fraction of sp³-hybridized carbons (Fsp3) is 0.0556. The van der Waals surface area contributed by atoms with Gasteiger partial charge in [0.15, 0.2) is 0 Å². The predicted molar refractivity (Wildman–Crippen MR) is 112 cm³/mol. The number of rotatable bonds is 13. The molecule has 1 aromatic heterocycles. The van der Waals surface area contributed by atoms with E-state index in [-0.39, 0.29) is 0 Å². The molecule has 0 amide bonds. The van der Waals surface area contributed by atoms with Crippen molar-refractivity contribution in [1.29, 1.82) is 0 Å². The molecule has 178 valence electrons. The second-order valence-corrected chi connectivity index (χ2v) is 5.58. The fourth-order valence-electron chi connectivity index (χ4n) is 1.78. The van der Waals surface area contributed by atoms with E-state index in [0.29, 0.717) is 24.3 Å². The molecule has 0 spiro atoms. The molecule has 0 aliphatic carbocycles. The number of carbonyl (C=O) groups is 5. The monoisotopic (exact) mass is 476 g/mol. The van der Waals surface area contributed by atoms with Gasteiger partial charge >= 0.3 is 29.8 Å². The van der Waals surface area contributed by atoms with Gasteiger partial charge < -0.3 is 25.5 Å². The average molecular weight is 476 g/mol. The Kier molecular flexibility index (Phi) is 10.3. The Morgan fingerprint density at radius 2 is 1.00 bits per heavy atom. The molecule has 0 fully saturated rings. The summed E-state index contributed by atoms with van der Waals surface area (Å²) in [5.41, 5.74) is 0. The van der Waals surface area contributed by atoms with E-state index in [0.717, 1.165) is 40.8 Å². The van der Waals surface area contributed by atoms with Crippen molar-refractivity contribution in [3.8, 4) is 0 Å². The highest BCUT2D eigenvalue weighted by Gasteiger charge is 2.14. The Morgan fingerprint density at radius 1 is 0.647 bits per heavy atom. The molecule has 0 saturated heterocycles. The van der Waals surface area contributed by atoms with Crippen LogP contribution < -0.4 is 9.80 Å². The molecule has 0 radical (unpaired) electrons. The number of aromatic nitrogens is 3. The van der Waals surface area contributed by atoms with E-state index in [1.165, 1.54) is 0 Å². The first kappa shape index (κ1) is 26.6. The van der Waals surface area contributed by atoms with Crippen molar-refractivity contribution in [3.05, 3.63) is 49.1 Å². The Hall–Kier alpha value is -5.41. The Morgan fingerprint density at radius 3 is 1.29 bits per heavy atom. The lowest BCUT2D eigenvalue weighted by Crippen LogP contribution is -2.18. The molecule has 0 bridgehead atoms. The van der Waals surface area contributed by atoms with E-state index in [4.69, 9.17) is 25.5 Å². The number of aliphatic carboxylic acids is 5. The van der Waals surface area contributed by atoms with Crippen molar-refractivity contribution in [1.82, 2.24) is 15.0 Å². The summed E-state index contributed by atoms with van der Waals surface area (Å²) in [4.78, 5) is 71.4. The highest BCUT2D eigenvalue weighted by Crippen LogP contribution is 2.20. The van der Waals surface area contributed by atoms with Crippen molar-refractivity contribution >= 4 is 53.9 Å². The fourth-order valence-corrected chi connectivity index (χ4v) is 1.78. The maximum absolute atomic E-state index is 10.9. The molecule has 0 aliphatic rings. The lowest BCUT2D eigenvalue weighted by atomic mass is 10.5. The smallest absolute Gasteiger partial charge is 0.329 e. The van der Waals surface area contributed by atoms with Crippen LogP contribution in [0.4, 0.5) is 17.8 Å². The first-order valence-corrected chi connectivity index (χ1v) is 8.69. The molecule has 0 saturated carbocycles. The number of hydrogen-bond acceptors (Lipinski definition) is 11. The first-order chi connectivity index (χ1) is 16.0. The van der Waals surface area contributed by atoms with Gasteiger partial charge in [-0.3, -0.25) is 14.6 Å². The van der Waals surface area contributed by atoms with Crippen LogP contribution in [-0.4, -0.2) is 76.5 Å². The maximum atomic E-state index is 10.9. The Balaban J connectivity index is 3.72. The summed E-state index contributed by atoms with van der Waals surface area (Å²) in [7, 11) is 0. The van der Waals surface area contributed by atoms with E-state index in [1.807, 2.05) is 0 Å². The maximum Gasteiger partial charge on any atom is 0.329 e. The predicted octanol–water partition coefficient (Wildman–Crippen LogP) is 0.0546. The van der Waals surface area contributed by atoms with Gasteiger partial charge in [-0.2, -0.15) is 15.0 Å². The lowest BCUT2D eigenvalue weighted by molar-refractivity contribution is -0.136. The molecule has 1 rings (SSSR count). The minimum atomic E-state index is -1.40. The second kappa shape index (κ2) is 13.1. The van der Waals surface area contributed by atoms with Crippen LogP contribution in [-0.2, 0) is 24.0 Å². The number of carboxylic acids is 5. The van der Waals surface area contributed by atoms with Crippen molar-refractivity contribution in [2.75, 3.05) is 9.80 Å². The molecular weight excluding hydrogens is 460 g/mol. The zero-order valence-corrected chi connectivity index (χ0v) is 16.9. The summed E-state index contributed by atoms with van der Waals surface area (Å²) in [5, 5.41) is 44.2. The zero-order chi connectivity index (χ0) is 25.7. The molecule has 34 heavy (non-hydrogen) atoms. The number of carboxylic acid groups (broad SMARTS) is 5. The second-order valence-electron chi connectivity index (χ2n) is 5.58. The van der Waals surface area contributed by atoms with E-state index in [9.17, 15) is 24.0 Å². The summed E-state index contributed by atoms with van der Waals surface area (Å²) >= 11 is 0. The molecule has 1 heterocycles. The Labute approximate surface area is 189 Å². The lowest BCUT2D eigenvalue weighted by Gasteiger charge is -2.17. The molecular formula is C18H16N6O10. The van der Waals surface area contributed by atoms with Crippen molar-refractivity contribution in [2.45, 2.75) is 6.42 Å². The molecule has 1 aromatic rings. The van der Waals surface area contributed by atoms with Gasteiger partial charge in [-0.1, -0.05) is 0 Å². The van der Waals surface area contributed by atoms with E-state index in [2.05, 4.69) is 19.9 Å². The van der Waals surface area contributed by atoms with Crippen LogP contribution >= 0.6 is 0 Å². The topological polar surface area (TPSA) is 244 Å². The van der Waals surface area contributed by atoms with Crippen LogP contribution in [0.5, 0.6) is 0 Å². The summed E-state index contributed by atoms with van der Waals surface area (Å²) in [6.45, 7) is 0. The normalized spacial score (nSPS) is 11.6. The SMILES string of the molecule is O=C(O)C=CN(C=CC(=O)O)c1nc(N=CCC(=O)O)nc(N(C=CC(=O)O)C=CC(=O)O)n1. The molecule has 5 N–H and O–H groups in total. The van der Waals surface area contributed by atoms with Crippen LogP contribution in [0.2, 0.25) is 0 Å². The molecule has 16 heteroatoms. The molecule has 0 aliphatic heterocycles. The van der Waals surface area contributed by atoms with Crippen molar-refractivity contribution in [3.63, 3.8) is 0 Å². The third-order valence-electron chi connectivity index (χ3n) is 3.05. The van der Waals surface area contributed by atoms with E-state index >= 15 is 0 Å². The largest absolute Gasteiger partial charge is 0.481 e. The van der Waals surface area contributed by atoms with Gasteiger partial charge in [0.05, 0.1) is 6.42 Å². The van der Waals surface area contributed by atoms with Gasteiger partial charge in [-0.15, -0.1) is 0 Å². The number of nitrogens with zero attached hydrogens (tertiary/aromatic N) is 6. The van der Waals surface area contributed by atoms with Gasteiger partial charge in [0.2, 0.25) is 11.9 Å². The minimum absolute atomic E-state index is 0.431. The number of hydrogen-bond donors (Lipinski definition) is 5. The average Bonchev–Trinajstić information content (AvgIpc) is 2.72.